The van der Waals surface area contributed by atoms with Crippen LogP contribution in [0.15, 0.2) is 40.6 Å². The highest BCUT2D eigenvalue weighted by Gasteiger charge is 2.33. The van der Waals surface area contributed by atoms with Gasteiger partial charge in [0.25, 0.3) is 0 Å². The van der Waals surface area contributed by atoms with Gasteiger partial charge in [-0.1, -0.05) is 44.8 Å². The molecule has 1 amide bonds. The Bertz CT molecular complexity index is 915. The second-order valence-corrected chi connectivity index (χ2v) is 9.94. The number of carbonyl (C=O) groups excluding carboxylic acids is 1. The van der Waals surface area contributed by atoms with Crippen molar-refractivity contribution in [1.29, 1.82) is 0 Å². The van der Waals surface area contributed by atoms with E-state index in [-0.39, 0.29) is 11.8 Å². The minimum Gasteiger partial charge on any atom is -0.421 e. The fourth-order valence-electron chi connectivity index (χ4n) is 5.39. The summed E-state index contributed by atoms with van der Waals surface area (Å²) < 4.78 is 5.96. The third-order valence-corrected chi connectivity index (χ3v) is 7.39. The van der Waals surface area contributed by atoms with Crippen molar-refractivity contribution in [2.45, 2.75) is 65.7 Å². The van der Waals surface area contributed by atoms with Crippen LogP contribution in [0.1, 0.15) is 65.2 Å². The van der Waals surface area contributed by atoms with Crippen LogP contribution in [0, 0.1) is 29.6 Å². The number of rotatable bonds is 7. The summed E-state index contributed by atoms with van der Waals surface area (Å²) in [5.74, 6) is 3.55. The maximum Gasteiger partial charge on any atom is 0.247 e. The van der Waals surface area contributed by atoms with E-state index in [0.717, 1.165) is 37.8 Å². The van der Waals surface area contributed by atoms with Crippen molar-refractivity contribution in [2.24, 2.45) is 29.6 Å². The van der Waals surface area contributed by atoms with E-state index in [1.807, 2.05) is 12.1 Å². The van der Waals surface area contributed by atoms with E-state index in [1.54, 1.807) is 12.4 Å². The van der Waals surface area contributed by atoms with Crippen molar-refractivity contribution < 1.29 is 9.21 Å². The van der Waals surface area contributed by atoms with Gasteiger partial charge in [-0.2, -0.15) is 0 Å². The van der Waals surface area contributed by atoms with Crippen molar-refractivity contribution in [3.05, 3.63) is 42.1 Å². The molecule has 32 heavy (non-hydrogen) atoms. The maximum absolute atomic E-state index is 12.7. The van der Waals surface area contributed by atoms with Crippen LogP contribution >= 0.6 is 0 Å². The lowest BCUT2D eigenvalue weighted by Crippen LogP contribution is -2.39. The van der Waals surface area contributed by atoms with Crippen LogP contribution in [-0.4, -0.2) is 27.6 Å². The van der Waals surface area contributed by atoms with Crippen LogP contribution in [-0.2, 0) is 11.2 Å². The zero-order chi connectivity index (χ0) is 22.5. The van der Waals surface area contributed by atoms with Crippen molar-refractivity contribution in [3.8, 4) is 11.5 Å². The summed E-state index contributed by atoms with van der Waals surface area (Å²) in [6.07, 6.45) is 13.4. The highest BCUT2D eigenvalue weighted by molar-refractivity contribution is 5.78. The number of pyridine rings is 1. The predicted molar refractivity (Wildman–Crippen MR) is 124 cm³/mol. The predicted octanol–water partition coefficient (Wildman–Crippen LogP) is 5.23. The molecule has 0 saturated heterocycles. The van der Waals surface area contributed by atoms with Crippen LogP contribution in [0.25, 0.3) is 11.5 Å². The van der Waals surface area contributed by atoms with Crippen LogP contribution < -0.4 is 5.32 Å². The van der Waals surface area contributed by atoms with Gasteiger partial charge in [0.1, 0.15) is 0 Å². The molecule has 0 aromatic carbocycles. The normalized spacial score (nSPS) is 24.4. The van der Waals surface area contributed by atoms with Gasteiger partial charge in [0.15, 0.2) is 0 Å². The molecule has 2 aromatic heterocycles. The highest BCUT2D eigenvalue weighted by atomic mass is 16.4. The average molecular weight is 437 g/mol. The topological polar surface area (TPSA) is 80.9 Å². The van der Waals surface area contributed by atoms with E-state index in [9.17, 15) is 4.79 Å². The first-order valence-corrected chi connectivity index (χ1v) is 12.2. The van der Waals surface area contributed by atoms with Gasteiger partial charge in [0.2, 0.25) is 17.7 Å². The summed E-state index contributed by atoms with van der Waals surface area (Å²) in [6, 6.07) is 3.76. The summed E-state index contributed by atoms with van der Waals surface area (Å²) >= 11 is 0. The molecule has 1 fully saturated rings. The second kappa shape index (κ2) is 10.4. The molecule has 0 bridgehead atoms. The smallest absolute Gasteiger partial charge is 0.247 e. The van der Waals surface area contributed by atoms with E-state index in [4.69, 9.17) is 4.42 Å². The van der Waals surface area contributed by atoms with E-state index in [1.165, 1.54) is 24.8 Å². The number of nitrogens with zero attached hydrogens (tertiary/aromatic N) is 3. The van der Waals surface area contributed by atoms with Crippen LogP contribution in [0.4, 0.5) is 0 Å². The molecule has 2 aliphatic rings. The molecule has 172 valence electrons. The summed E-state index contributed by atoms with van der Waals surface area (Å²) in [5.41, 5.74) is 2.26. The molecule has 4 rings (SSSR count). The van der Waals surface area contributed by atoms with E-state index in [2.05, 4.69) is 47.3 Å². The van der Waals surface area contributed by atoms with E-state index in [0.29, 0.717) is 35.5 Å². The molecule has 3 atom stereocenters. The Hall–Kier alpha value is -2.50. The molecule has 6 heteroatoms. The first kappa shape index (κ1) is 22.7. The Morgan fingerprint density at radius 1 is 1.16 bits per heavy atom. The lowest BCUT2D eigenvalue weighted by molar-refractivity contribution is -0.126. The fourth-order valence-corrected chi connectivity index (χ4v) is 5.39. The molecule has 2 heterocycles. The number of nitrogens with one attached hydrogen (secondary N) is 1. The van der Waals surface area contributed by atoms with Gasteiger partial charge in [0, 0.05) is 36.8 Å². The molecule has 2 aliphatic carbocycles. The van der Waals surface area contributed by atoms with Gasteiger partial charge < -0.3 is 9.73 Å². The van der Waals surface area contributed by atoms with Crippen LogP contribution in [0.5, 0.6) is 0 Å². The zero-order valence-electron chi connectivity index (χ0n) is 19.6. The van der Waals surface area contributed by atoms with E-state index >= 15 is 0 Å². The molecule has 2 aromatic rings. The van der Waals surface area contributed by atoms with Gasteiger partial charge in [-0.3, -0.25) is 9.78 Å². The number of carbonyl (C=O) groups is 1. The zero-order valence-corrected chi connectivity index (χ0v) is 19.6. The molecule has 6 nitrogen and oxygen atoms in total. The lowest BCUT2D eigenvalue weighted by Gasteiger charge is -2.37. The SMILES string of the molecule is CC1=CC(CNC(=O)C2CCCCC2)C(C(C)C)CC1Cc1nnc(-c2ccncc2)o1. The molecule has 3 unspecified atom stereocenters. The Balaban J connectivity index is 1.40. The van der Waals surface area contributed by atoms with Gasteiger partial charge in [-0.25, -0.2) is 0 Å². The molecule has 1 N–H and O–H groups in total. The number of aromatic nitrogens is 3. The first-order valence-electron chi connectivity index (χ1n) is 12.2. The van der Waals surface area contributed by atoms with Gasteiger partial charge in [0.05, 0.1) is 0 Å². The Labute approximate surface area is 191 Å². The maximum atomic E-state index is 12.7. The summed E-state index contributed by atoms with van der Waals surface area (Å²) in [4.78, 5) is 16.7. The molecule has 1 saturated carbocycles. The van der Waals surface area contributed by atoms with Gasteiger partial charge in [-0.15, -0.1) is 10.2 Å². The monoisotopic (exact) mass is 436 g/mol. The van der Waals surface area contributed by atoms with Crippen molar-refractivity contribution in [3.63, 3.8) is 0 Å². The third-order valence-electron chi connectivity index (χ3n) is 7.39. The van der Waals surface area contributed by atoms with Crippen molar-refractivity contribution >= 4 is 5.91 Å². The molecular weight excluding hydrogens is 400 g/mol. The molecular formula is C26H36N4O2. The minimum atomic E-state index is 0.217. The third kappa shape index (κ3) is 5.45. The van der Waals surface area contributed by atoms with Crippen LogP contribution in [0.3, 0.4) is 0 Å². The van der Waals surface area contributed by atoms with Crippen molar-refractivity contribution in [2.75, 3.05) is 6.54 Å². The van der Waals surface area contributed by atoms with Crippen LogP contribution in [0.2, 0.25) is 0 Å². The summed E-state index contributed by atoms with van der Waals surface area (Å²) in [7, 11) is 0. The number of allylic oxidation sites excluding steroid dienone is 1. The lowest BCUT2D eigenvalue weighted by atomic mass is 9.70. The number of amides is 1. The Morgan fingerprint density at radius 2 is 1.91 bits per heavy atom. The Morgan fingerprint density at radius 3 is 2.62 bits per heavy atom. The molecule has 0 radical (unpaired) electrons. The molecule has 0 aliphatic heterocycles. The minimum absolute atomic E-state index is 0.217. The largest absolute Gasteiger partial charge is 0.421 e. The fraction of sp³-hybridized carbons (Fsp3) is 0.615. The number of hydrogen-bond donors (Lipinski definition) is 1. The van der Waals surface area contributed by atoms with E-state index < -0.39 is 0 Å². The number of hydrogen-bond acceptors (Lipinski definition) is 5. The highest BCUT2D eigenvalue weighted by Crippen LogP contribution is 2.39. The first-order chi connectivity index (χ1) is 15.5. The standard InChI is InChI=1S/C26H36N4O2/c1-17(2)23-14-21(15-24-29-30-26(32-24)20-9-11-27-12-10-20)18(3)13-22(23)16-28-25(31)19-7-5-4-6-8-19/h9-13,17,19,21-23H,4-8,14-16H2,1-3H3,(H,28,31). The van der Waals surface area contributed by atoms with Crippen molar-refractivity contribution in [1.82, 2.24) is 20.5 Å². The average Bonchev–Trinajstić information content (AvgIpc) is 3.28. The summed E-state index contributed by atoms with van der Waals surface area (Å²) in [5, 5.41) is 11.8. The quantitative estimate of drug-likeness (QED) is 0.602. The van der Waals surface area contributed by atoms with Gasteiger partial charge >= 0.3 is 0 Å². The molecule has 0 spiro atoms. The van der Waals surface area contributed by atoms with Gasteiger partial charge in [-0.05, 0) is 62.0 Å². The summed E-state index contributed by atoms with van der Waals surface area (Å²) in [6.45, 7) is 7.53. The Kier molecular flexibility index (Phi) is 7.38. The second-order valence-electron chi connectivity index (χ2n) is 9.94.